The average molecular weight is 452 g/mol. The number of aromatic nitrogens is 1. The first-order chi connectivity index (χ1) is 14.5. The Balaban J connectivity index is 1.64. The van der Waals surface area contributed by atoms with Gasteiger partial charge in [-0.15, -0.1) is 11.3 Å². The molecule has 1 amide bonds. The molecule has 8 heteroatoms. The lowest BCUT2D eigenvalue weighted by Gasteiger charge is -2.34. The van der Waals surface area contributed by atoms with Crippen molar-refractivity contribution < 1.29 is 14.3 Å². The molecule has 1 aromatic heterocycles. The number of halogens is 1. The summed E-state index contributed by atoms with van der Waals surface area (Å²) in [6.45, 7) is 10.9. The van der Waals surface area contributed by atoms with E-state index < -0.39 is 0 Å². The van der Waals surface area contributed by atoms with Gasteiger partial charge in [-0.2, -0.15) is 0 Å². The van der Waals surface area contributed by atoms with Crippen molar-refractivity contribution in [1.82, 2.24) is 14.8 Å². The molecule has 1 fully saturated rings. The van der Waals surface area contributed by atoms with Gasteiger partial charge in [0.25, 0.3) is 5.91 Å². The molecule has 1 aliphatic rings. The molecule has 1 aromatic carbocycles. The quantitative estimate of drug-likeness (QED) is 0.520. The van der Waals surface area contributed by atoms with Gasteiger partial charge in [-0.1, -0.05) is 24.9 Å². The fourth-order valence-electron chi connectivity index (χ4n) is 3.41. The molecular formula is C22H30ClN3O3S. The first-order valence-corrected chi connectivity index (χ1v) is 11.8. The van der Waals surface area contributed by atoms with Crippen molar-refractivity contribution >= 4 is 28.8 Å². The summed E-state index contributed by atoms with van der Waals surface area (Å²) in [4.78, 5) is 21.8. The third-order valence-corrected chi connectivity index (χ3v) is 6.12. The zero-order valence-corrected chi connectivity index (χ0v) is 19.5. The predicted octanol–water partition coefficient (Wildman–Crippen LogP) is 4.64. The minimum Gasteiger partial charge on any atom is -0.490 e. The Bertz CT molecular complexity index is 850. The number of nitrogens with zero attached hydrogens (tertiary/aromatic N) is 3. The number of piperazine rings is 1. The highest BCUT2D eigenvalue weighted by Crippen LogP contribution is 2.37. The van der Waals surface area contributed by atoms with E-state index in [1.165, 1.54) is 0 Å². The molecular weight excluding hydrogens is 422 g/mol. The Morgan fingerprint density at radius 3 is 2.60 bits per heavy atom. The lowest BCUT2D eigenvalue weighted by atomic mass is 10.1. The van der Waals surface area contributed by atoms with Crippen LogP contribution >= 0.6 is 22.9 Å². The summed E-state index contributed by atoms with van der Waals surface area (Å²) >= 11 is 8.13. The standard InChI is InChI=1S/C22H30ClN3O3S/c1-4-6-11-29-21-19(23)12-17(13-20(21)28-5-2)22(27)26-9-7-25(8-10-26)14-18-15-30-16(3)24-18/h12-13,15H,4-11,14H2,1-3H3. The number of hydrogen-bond donors (Lipinski definition) is 0. The van der Waals surface area contributed by atoms with Gasteiger partial charge in [-0.3, -0.25) is 9.69 Å². The van der Waals surface area contributed by atoms with Crippen molar-refractivity contribution in [2.45, 2.75) is 40.2 Å². The molecule has 0 radical (unpaired) electrons. The van der Waals surface area contributed by atoms with Gasteiger partial charge in [-0.05, 0) is 32.4 Å². The van der Waals surface area contributed by atoms with E-state index in [2.05, 4.69) is 22.2 Å². The van der Waals surface area contributed by atoms with E-state index in [4.69, 9.17) is 21.1 Å². The lowest BCUT2D eigenvalue weighted by molar-refractivity contribution is 0.0626. The van der Waals surface area contributed by atoms with Crippen LogP contribution in [0.4, 0.5) is 0 Å². The van der Waals surface area contributed by atoms with Crippen LogP contribution in [0.25, 0.3) is 0 Å². The summed E-state index contributed by atoms with van der Waals surface area (Å²) in [7, 11) is 0. The van der Waals surface area contributed by atoms with Crippen LogP contribution in [-0.2, 0) is 6.54 Å². The van der Waals surface area contributed by atoms with E-state index in [9.17, 15) is 4.79 Å². The van der Waals surface area contributed by atoms with E-state index in [-0.39, 0.29) is 5.91 Å². The molecule has 2 heterocycles. The molecule has 30 heavy (non-hydrogen) atoms. The highest BCUT2D eigenvalue weighted by molar-refractivity contribution is 7.09. The number of benzene rings is 1. The summed E-state index contributed by atoms with van der Waals surface area (Å²) in [5, 5.41) is 3.61. The van der Waals surface area contributed by atoms with Crippen LogP contribution in [0.5, 0.6) is 11.5 Å². The van der Waals surface area contributed by atoms with Gasteiger partial charge in [0, 0.05) is 43.7 Å². The fraction of sp³-hybridized carbons (Fsp3) is 0.545. The molecule has 0 N–H and O–H groups in total. The van der Waals surface area contributed by atoms with Gasteiger partial charge >= 0.3 is 0 Å². The maximum absolute atomic E-state index is 13.1. The van der Waals surface area contributed by atoms with E-state index in [1.54, 1.807) is 23.5 Å². The van der Waals surface area contributed by atoms with Crippen LogP contribution in [0.3, 0.4) is 0 Å². The van der Waals surface area contributed by atoms with Gasteiger partial charge in [0.05, 0.1) is 28.9 Å². The smallest absolute Gasteiger partial charge is 0.254 e. The minimum atomic E-state index is -0.0258. The molecule has 1 saturated heterocycles. The number of ether oxygens (including phenoxy) is 2. The van der Waals surface area contributed by atoms with Crippen LogP contribution in [0.2, 0.25) is 5.02 Å². The average Bonchev–Trinajstić information content (AvgIpc) is 3.14. The molecule has 0 unspecified atom stereocenters. The molecule has 0 spiro atoms. The van der Waals surface area contributed by atoms with Crippen molar-refractivity contribution in [2.75, 3.05) is 39.4 Å². The molecule has 3 rings (SSSR count). The number of amides is 1. The Kier molecular flexibility index (Phi) is 8.36. The van der Waals surface area contributed by atoms with Crippen molar-refractivity contribution in [1.29, 1.82) is 0 Å². The Labute approximate surface area is 187 Å². The predicted molar refractivity (Wildman–Crippen MR) is 121 cm³/mol. The van der Waals surface area contributed by atoms with Crippen molar-refractivity contribution in [3.63, 3.8) is 0 Å². The maximum Gasteiger partial charge on any atom is 0.254 e. The summed E-state index contributed by atoms with van der Waals surface area (Å²) in [6.07, 6.45) is 1.97. The summed E-state index contributed by atoms with van der Waals surface area (Å²) in [5.74, 6) is 1.02. The van der Waals surface area contributed by atoms with Crippen molar-refractivity contribution in [2.24, 2.45) is 0 Å². The minimum absolute atomic E-state index is 0.0258. The third kappa shape index (κ3) is 5.86. The number of unbranched alkanes of at least 4 members (excludes halogenated alkanes) is 1. The Morgan fingerprint density at radius 2 is 1.97 bits per heavy atom. The van der Waals surface area contributed by atoms with Crippen LogP contribution in [-0.4, -0.2) is 60.1 Å². The number of carbonyl (C=O) groups is 1. The fourth-order valence-corrected chi connectivity index (χ4v) is 4.28. The molecule has 1 aliphatic heterocycles. The Hall–Kier alpha value is -1.83. The van der Waals surface area contributed by atoms with E-state index in [0.717, 1.165) is 43.2 Å². The van der Waals surface area contributed by atoms with E-state index >= 15 is 0 Å². The summed E-state index contributed by atoms with van der Waals surface area (Å²) in [5.41, 5.74) is 1.64. The summed E-state index contributed by atoms with van der Waals surface area (Å²) in [6, 6.07) is 3.45. The number of thiazole rings is 1. The molecule has 0 aliphatic carbocycles. The first-order valence-electron chi connectivity index (χ1n) is 10.5. The molecule has 0 bridgehead atoms. The van der Waals surface area contributed by atoms with Crippen LogP contribution in [0, 0.1) is 6.92 Å². The normalized spacial score (nSPS) is 14.7. The molecule has 0 saturated carbocycles. The van der Waals surface area contributed by atoms with E-state index in [0.29, 0.717) is 48.4 Å². The largest absolute Gasteiger partial charge is 0.490 e. The number of carbonyl (C=O) groups excluding carboxylic acids is 1. The van der Waals surface area contributed by atoms with Gasteiger partial charge in [0.2, 0.25) is 0 Å². The SMILES string of the molecule is CCCCOc1c(Cl)cc(C(=O)N2CCN(Cc3csc(C)n3)CC2)cc1OCC. The number of rotatable bonds is 9. The van der Waals surface area contributed by atoms with Gasteiger partial charge in [0.15, 0.2) is 11.5 Å². The van der Waals surface area contributed by atoms with Gasteiger partial charge in [0.1, 0.15) is 0 Å². The number of hydrogen-bond acceptors (Lipinski definition) is 6. The molecule has 2 aromatic rings. The van der Waals surface area contributed by atoms with E-state index in [1.807, 2.05) is 18.7 Å². The molecule has 164 valence electrons. The topological polar surface area (TPSA) is 54.9 Å². The molecule has 0 atom stereocenters. The molecule has 6 nitrogen and oxygen atoms in total. The third-order valence-electron chi connectivity index (χ3n) is 5.01. The van der Waals surface area contributed by atoms with Gasteiger partial charge < -0.3 is 14.4 Å². The lowest BCUT2D eigenvalue weighted by Crippen LogP contribution is -2.48. The number of aryl methyl sites for hydroxylation is 1. The van der Waals surface area contributed by atoms with Crippen molar-refractivity contribution in [3.8, 4) is 11.5 Å². The second-order valence-electron chi connectivity index (χ2n) is 7.35. The highest BCUT2D eigenvalue weighted by Gasteiger charge is 2.24. The highest BCUT2D eigenvalue weighted by atomic mass is 35.5. The monoisotopic (exact) mass is 451 g/mol. The Morgan fingerprint density at radius 1 is 1.20 bits per heavy atom. The van der Waals surface area contributed by atoms with Crippen LogP contribution < -0.4 is 9.47 Å². The second kappa shape index (κ2) is 11.0. The maximum atomic E-state index is 13.1. The summed E-state index contributed by atoms with van der Waals surface area (Å²) < 4.78 is 11.5. The van der Waals surface area contributed by atoms with Crippen LogP contribution in [0.1, 0.15) is 47.7 Å². The zero-order valence-electron chi connectivity index (χ0n) is 17.9. The first kappa shape index (κ1) is 22.8. The zero-order chi connectivity index (χ0) is 21.5. The van der Waals surface area contributed by atoms with Crippen LogP contribution in [0.15, 0.2) is 17.5 Å². The van der Waals surface area contributed by atoms with Crippen molar-refractivity contribution in [3.05, 3.63) is 38.8 Å². The second-order valence-corrected chi connectivity index (χ2v) is 8.82. The van der Waals surface area contributed by atoms with Gasteiger partial charge in [-0.25, -0.2) is 4.98 Å².